The molecule has 0 aliphatic rings. The first-order valence-corrected chi connectivity index (χ1v) is 20.7. The molecule has 2 aromatic heterocycles. The monoisotopic (exact) mass is 582 g/mol. The number of halogens is 1. The SMILES string of the molecule is CCOC(=O)c1cc(-c2nc(N)ncc2C#C[Si](C)(C)C)n(COCC[Si](C)(C)C)c1-c1cc(Cl)ccc1C. The van der Waals surface area contributed by atoms with Crippen molar-refractivity contribution >= 4 is 39.7 Å². The van der Waals surface area contributed by atoms with Crippen molar-refractivity contribution in [3.8, 4) is 34.1 Å². The molecule has 0 spiro atoms. The van der Waals surface area contributed by atoms with E-state index in [2.05, 4.69) is 60.7 Å². The van der Waals surface area contributed by atoms with Crippen molar-refractivity contribution in [2.75, 3.05) is 18.9 Å². The Kier molecular flexibility index (Phi) is 9.83. The second-order valence-corrected chi connectivity index (χ2v) is 22.5. The normalized spacial score (nSPS) is 11.7. The fourth-order valence-electron chi connectivity index (χ4n) is 3.85. The smallest absolute Gasteiger partial charge is 0.340 e. The van der Waals surface area contributed by atoms with Gasteiger partial charge in [-0.05, 0) is 43.7 Å². The largest absolute Gasteiger partial charge is 0.462 e. The average Bonchev–Trinajstić information content (AvgIpc) is 3.20. The van der Waals surface area contributed by atoms with Crippen molar-refractivity contribution in [1.82, 2.24) is 14.5 Å². The molecule has 3 aromatic rings. The fourth-order valence-corrected chi connectivity index (χ4v) is 5.29. The molecule has 7 nitrogen and oxygen atoms in total. The van der Waals surface area contributed by atoms with Gasteiger partial charge in [-0.3, -0.25) is 0 Å². The quantitative estimate of drug-likeness (QED) is 0.128. The molecule has 208 valence electrons. The molecule has 10 heteroatoms. The number of anilines is 1. The maximum atomic E-state index is 13.3. The van der Waals surface area contributed by atoms with Crippen LogP contribution in [0.15, 0.2) is 30.5 Å². The van der Waals surface area contributed by atoms with Crippen molar-refractivity contribution in [2.45, 2.75) is 65.9 Å². The minimum atomic E-state index is -1.70. The van der Waals surface area contributed by atoms with Crippen LogP contribution >= 0.6 is 11.6 Å². The Hall–Kier alpha value is -2.91. The van der Waals surface area contributed by atoms with E-state index in [1.54, 1.807) is 19.2 Å². The predicted octanol–water partition coefficient (Wildman–Crippen LogP) is 6.87. The molecule has 0 aliphatic heterocycles. The van der Waals surface area contributed by atoms with Crippen molar-refractivity contribution in [2.24, 2.45) is 0 Å². The summed E-state index contributed by atoms with van der Waals surface area (Å²) in [5.41, 5.74) is 14.1. The lowest BCUT2D eigenvalue weighted by atomic mass is 10.0. The molecule has 0 fully saturated rings. The van der Waals surface area contributed by atoms with Gasteiger partial charge in [0.15, 0.2) is 0 Å². The predicted molar refractivity (Wildman–Crippen MR) is 165 cm³/mol. The van der Waals surface area contributed by atoms with Gasteiger partial charge < -0.3 is 19.8 Å². The molecule has 39 heavy (non-hydrogen) atoms. The molecule has 0 bridgehead atoms. The van der Waals surface area contributed by atoms with E-state index in [0.29, 0.717) is 39.8 Å². The molecule has 0 atom stereocenters. The standard InChI is InChI=1S/C29H39ClN4O3Si2/c1-9-37-28(35)24-17-25(26-21(12-14-38(3,4)5)18-32-29(31)33-26)34(19-36-13-15-39(6,7)8)27(24)23-16-22(30)11-10-20(23)2/h10-11,16-18H,9,13,15,19H2,1-8H3,(H2,31,32,33). The van der Waals surface area contributed by atoms with Crippen LogP contribution in [0.25, 0.3) is 22.6 Å². The van der Waals surface area contributed by atoms with Crippen LogP contribution in [0.3, 0.4) is 0 Å². The van der Waals surface area contributed by atoms with E-state index < -0.39 is 22.1 Å². The van der Waals surface area contributed by atoms with Crippen LogP contribution in [0.1, 0.15) is 28.4 Å². The average molecular weight is 583 g/mol. The van der Waals surface area contributed by atoms with Crippen LogP contribution in [0.2, 0.25) is 50.3 Å². The summed E-state index contributed by atoms with van der Waals surface area (Å²) in [6.45, 7) is 18.3. The third-order valence-corrected chi connectivity index (χ3v) is 8.70. The number of carbonyl (C=O) groups excluding carboxylic acids is 1. The van der Waals surface area contributed by atoms with Gasteiger partial charge >= 0.3 is 5.97 Å². The first-order valence-electron chi connectivity index (χ1n) is 13.1. The summed E-state index contributed by atoms with van der Waals surface area (Å²) in [4.78, 5) is 22.1. The molecular formula is C29H39ClN4O3Si2. The molecule has 2 heterocycles. The lowest BCUT2D eigenvalue weighted by Crippen LogP contribution is -2.22. The minimum absolute atomic E-state index is 0.120. The van der Waals surface area contributed by atoms with Gasteiger partial charge in [0, 0.05) is 31.5 Å². The third-order valence-electron chi connectivity index (χ3n) is 5.89. The highest BCUT2D eigenvalue weighted by Gasteiger charge is 2.27. The van der Waals surface area contributed by atoms with Gasteiger partial charge in [0.25, 0.3) is 0 Å². The lowest BCUT2D eigenvalue weighted by molar-refractivity contribution is 0.0526. The van der Waals surface area contributed by atoms with Crippen molar-refractivity contribution in [1.29, 1.82) is 0 Å². The van der Waals surface area contributed by atoms with Gasteiger partial charge in [-0.2, -0.15) is 0 Å². The summed E-state index contributed by atoms with van der Waals surface area (Å²) in [6, 6.07) is 8.42. The lowest BCUT2D eigenvalue weighted by Gasteiger charge is -2.19. The van der Waals surface area contributed by atoms with Crippen LogP contribution in [0, 0.1) is 18.4 Å². The minimum Gasteiger partial charge on any atom is -0.462 e. The maximum Gasteiger partial charge on any atom is 0.340 e. The second kappa shape index (κ2) is 12.5. The maximum absolute atomic E-state index is 13.3. The number of benzene rings is 1. The molecular weight excluding hydrogens is 544 g/mol. The molecule has 0 radical (unpaired) electrons. The zero-order valence-electron chi connectivity index (χ0n) is 24.2. The molecule has 1 aromatic carbocycles. The Morgan fingerprint density at radius 3 is 2.51 bits per heavy atom. The molecule has 0 saturated carbocycles. The summed E-state index contributed by atoms with van der Waals surface area (Å²) in [5.74, 6) is 2.96. The summed E-state index contributed by atoms with van der Waals surface area (Å²) in [5, 5.41) is 0.562. The molecule has 3 rings (SSSR count). The van der Waals surface area contributed by atoms with Gasteiger partial charge in [-0.15, -0.1) is 5.54 Å². The number of aromatic nitrogens is 3. The van der Waals surface area contributed by atoms with Gasteiger partial charge in [-0.1, -0.05) is 62.9 Å². The van der Waals surface area contributed by atoms with Gasteiger partial charge in [-0.25, -0.2) is 14.8 Å². The van der Waals surface area contributed by atoms with E-state index in [1.807, 2.05) is 29.7 Å². The molecule has 0 saturated heterocycles. The Morgan fingerprint density at radius 1 is 1.15 bits per heavy atom. The first-order chi connectivity index (χ1) is 18.2. The van der Waals surface area contributed by atoms with Crippen LogP contribution < -0.4 is 5.73 Å². The Bertz CT molecular complexity index is 1410. The Labute approximate surface area is 239 Å². The number of hydrogen-bond donors (Lipinski definition) is 1. The van der Waals surface area contributed by atoms with Crippen molar-refractivity contribution in [3.63, 3.8) is 0 Å². The number of nitrogen functional groups attached to an aromatic ring is 1. The number of nitrogens with two attached hydrogens (primary N) is 1. The Morgan fingerprint density at radius 2 is 1.87 bits per heavy atom. The van der Waals surface area contributed by atoms with Crippen LogP contribution in [0.4, 0.5) is 5.95 Å². The first kappa shape index (κ1) is 30.6. The van der Waals surface area contributed by atoms with Crippen LogP contribution in [0.5, 0.6) is 0 Å². The van der Waals surface area contributed by atoms with Crippen molar-refractivity contribution < 1.29 is 14.3 Å². The highest BCUT2D eigenvalue weighted by atomic mass is 35.5. The van der Waals surface area contributed by atoms with Crippen LogP contribution in [-0.2, 0) is 16.2 Å². The number of carbonyl (C=O) groups is 1. The van der Waals surface area contributed by atoms with Crippen LogP contribution in [-0.4, -0.2) is 49.9 Å². The topological polar surface area (TPSA) is 92.3 Å². The Balaban J connectivity index is 2.33. The summed E-state index contributed by atoms with van der Waals surface area (Å²) >= 11 is 6.44. The van der Waals surface area contributed by atoms with E-state index in [1.165, 1.54) is 0 Å². The van der Waals surface area contributed by atoms with E-state index in [4.69, 9.17) is 26.8 Å². The number of nitrogens with zero attached hydrogens (tertiary/aromatic N) is 3. The number of hydrogen-bond acceptors (Lipinski definition) is 6. The van der Waals surface area contributed by atoms with E-state index >= 15 is 0 Å². The number of rotatable bonds is 9. The zero-order valence-corrected chi connectivity index (χ0v) is 27.0. The van der Waals surface area contributed by atoms with Gasteiger partial charge in [0.05, 0.1) is 29.1 Å². The van der Waals surface area contributed by atoms with E-state index in [9.17, 15) is 4.79 Å². The van der Waals surface area contributed by atoms with Gasteiger partial charge in [0.2, 0.25) is 5.95 Å². The molecule has 2 N–H and O–H groups in total. The van der Waals surface area contributed by atoms with E-state index in [-0.39, 0.29) is 19.3 Å². The summed E-state index contributed by atoms with van der Waals surface area (Å²) in [6.07, 6.45) is 1.64. The zero-order chi connectivity index (χ0) is 29.0. The van der Waals surface area contributed by atoms with Crippen molar-refractivity contribution in [3.05, 3.63) is 52.2 Å². The molecule has 0 aliphatic carbocycles. The third kappa shape index (κ3) is 8.29. The number of esters is 1. The highest BCUT2D eigenvalue weighted by Crippen LogP contribution is 2.37. The highest BCUT2D eigenvalue weighted by molar-refractivity contribution is 6.83. The second-order valence-electron chi connectivity index (χ2n) is 11.7. The molecule has 0 unspecified atom stereocenters. The van der Waals surface area contributed by atoms with E-state index in [0.717, 1.165) is 17.2 Å². The fraction of sp³-hybridized carbons (Fsp3) is 0.414. The molecule has 0 amide bonds. The van der Waals surface area contributed by atoms with Gasteiger partial charge in [0.1, 0.15) is 20.5 Å². The number of ether oxygens (including phenoxy) is 2. The summed E-state index contributed by atoms with van der Waals surface area (Å²) < 4.78 is 13.7. The number of aryl methyl sites for hydroxylation is 1. The summed E-state index contributed by atoms with van der Waals surface area (Å²) in [7, 11) is -3.01.